The minimum Gasteiger partial charge on any atom is -0.218 e. The molecular formula is C23H22O2S. The highest BCUT2D eigenvalue weighted by Crippen LogP contribution is 2.34. The number of hydrogen-bond donors (Lipinski definition) is 0. The Balaban J connectivity index is 2.27. The van der Waals surface area contributed by atoms with Gasteiger partial charge in [-0.15, -0.1) is 0 Å². The van der Waals surface area contributed by atoms with Crippen molar-refractivity contribution in [2.75, 3.05) is 0 Å². The molecule has 0 fully saturated rings. The van der Waals surface area contributed by atoms with Crippen LogP contribution in [0.15, 0.2) is 77.7 Å². The van der Waals surface area contributed by atoms with Gasteiger partial charge in [-0.3, -0.25) is 0 Å². The SMILES string of the molecule is Cc1cc(C)c(S(=O)(=O)/C(=C/c2ccccc2)c2ccccc2)c(C)c1. The van der Waals surface area contributed by atoms with Gasteiger partial charge in [-0.05, 0) is 49.1 Å². The van der Waals surface area contributed by atoms with Crippen LogP contribution in [0.5, 0.6) is 0 Å². The molecule has 0 saturated heterocycles. The molecule has 3 rings (SSSR count). The highest BCUT2D eigenvalue weighted by Gasteiger charge is 2.26. The van der Waals surface area contributed by atoms with E-state index in [9.17, 15) is 8.42 Å². The molecule has 0 spiro atoms. The van der Waals surface area contributed by atoms with E-state index >= 15 is 0 Å². The Kier molecular flexibility index (Phi) is 5.10. The van der Waals surface area contributed by atoms with Crippen LogP contribution >= 0.6 is 0 Å². The van der Waals surface area contributed by atoms with E-state index in [0.717, 1.165) is 22.3 Å². The quantitative estimate of drug-likeness (QED) is 0.567. The van der Waals surface area contributed by atoms with Crippen molar-refractivity contribution in [2.24, 2.45) is 0 Å². The van der Waals surface area contributed by atoms with Gasteiger partial charge in [0.1, 0.15) is 0 Å². The average molecular weight is 362 g/mol. The van der Waals surface area contributed by atoms with Gasteiger partial charge in [-0.2, -0.15) is 0 Å². The van der Waals surface area contributed by atoms with E-state index in [1.807, 2.05) is 93.6 Å². The summed E-state index contributed by atoms with van der Waals surface area (Å²) in [6.45, 7) is 5.70. The summed E-state index contributed by atoms with van der Waals surface area (Å²) >= 11 is 0. The molecule has 0 aliphatic carbocycles. The van der Waals surface area contributed by atoms with Gasteiger partial charge in [0.25, 0.3) is 0 Å². The van der Waals surface area contributed by atoms with Gasteiger partial charge in [0.15, 0.2) is 0 Å². The first-order valence-electron chi connectivity index (χ1n) is 8.54. The fourth-order valence-electron chi connectivity index (χ4n) is 3.32. The lowest BCUT2D eigenvalue weighted by Crippen LogP contribution is -2.09. The van der Waals surface area contributed by atoms with E-state index in [-0.39, 0.29) is 0 Å². The number of aryl methyl sites for hydroxylation is 3. The Labute approximate surface area is 155 Å². The largest absolute Gasteiger partial charge is 0.218 e. The molecule has 0 aliphatic rings. The molecule has 0 unspecified atom stereocenters. The molecule has 0 aliphatic heterocycles. The molecule has 0 N–H and O–H groups in total. The van der Waals surface area contributed by atoms with E-state index < -0.39 is 9.84 Å². The Morgan fingerprint density at radius 3 is 1.81 bits per heavy atom. The molecule has 0 radical (unpaired) electrons. The van der Waals surface area contributed by atoms with Gasteiger partial charge in [0.2, 0.25) is 9.84 Å². The second-order valence-corrected chi connectivity index (χ2v) is 8.37. The summed E-state index contributed by atoms with van der Waals surface area (Å²) in [5, 5.41) is 0. The van der Waals surface area contributed by atoms with Crippen LogP contribution in [0.3, 0.4) is 0 Å². The molecule has 0 heterocycles. The molecule has 3 heteroatoms. The van der Waals surface area contributed by atoms with Gasteiger partial charge in [0, 0.05) is 0 Å². The van der Waals surface area contributed by atoms with Crippen LogP contribution in [0.4, 0.5) is 0 Å². The second-order valence-electron chi connectivity index (χ2n) is 6.52. The lowest BCUT2D eigenvalue weighted by molar-refractivity contribution is 0.605. The first-order chi connectivity index (χ1) is 12.4. The highest BCUT2D eigenvalue weighted by atomic mass is 32.2. The van der Waals surface area contributed by atoms with Crippen molar-refractivity contribution < 1.29 is 8.42 Å². The molecular weight excluding hydrogens is 340 g/mol. The van der Waals surface area contributed by atoms with Crippen molar-refractivity contribution in [2.45, 2.75) is 25.7 Å². The van der Waals surface area contributed by atoms with Gasteiger partial charge in [-0.25, -0.2) is 8.42 Å². The van der Waals surface area contributed by atoms with Crippen molar-refractivity contribution in [1.82, 2.24) is 0 Å². The Morgan fingerprint density at radius 2 is 1.27 bits per heavy atom. The van der Waals surface area contributed by atoms with E-state index in [1.54, 1.807) is 6.08 Å². The van der Waals surface area contributed by atoms with E-state index in [1.165, 1.54) is 0 Å². The van der Waals surface area contributed by atoms with Crippen LogP contribution in [-0.4, -0.2) is 8.42 Å². The minimum absolute atomic E-state index is 0.319. The second kappa shape index (κ2) is 7.30. The minimum atomic E-state index is -3.67. The van der Waals surface area contributed by atoms with Crippen LogP contribution in [0.2, 0.25) is 0 Å². The van der Waals surface area contributed by atoms with Crippen molar-refractivity contribution in [3.63, 3.8) is 0 Å². The van der Waals surface area contributed by atoms with Gasteiger partial charge in [-0.1, -0.05) is 78.4 Å². The molecule has 2 nitrogen and oxygen atoms in total. The molecule has 0 aromatic heterocycles. The summed E-state index contributed by atoms with van der Waals surface area (Å²) in [6, 6.07) is 22.7. The van der Waals surface area contributed by atoms with Crippen LogP contribution in [0.25, 0.3) is 11.0 Å². The smallest absolute Gasteiger partial charge is 0.207 e. The zero-order valence-electron chi connectivity index (χ0n) is 15.2. The lowest BCUT2D eigenvalue weighted by Gasteiger charge is -2.15. The van der Waals surface area contributed by atoms with E-state index in [4.69, 9.17) is 0 Å². The van der Waals surface area contributed by atoms with Crippen LogP contribution in [0, 0.1) is 20.8 Å². The number of benzene rings is 3. The van der Waals surface area contributed by atoms with Crippen LogP contribution in [0.1, 0.15) is 27.8 Å². The third-order valence-corrected chi connectivity index (χ3v) is 6.43. The lowest BCUT2D eigenvalue weighted by atomic mass is 10.1. The molecule has 0 bridgehead atoms. The zero-order chi connectivity index (χ0) is 18.7. The Bertz CT molecular complexity index is 1020. The van der Waals surface area contributed by atoms with E-state index in [2.05, 4.69) is 0 Å². The molecule has 3 aromatic carbocycles. The summed E-state index contributed by atoms with van der Waals surface area (Å²) in [6.07, 6.45) is 1.75. The molecule has 0 amide bonds. The maximum atomic E-state index is 13.6. The molecule has 0 atom stereocenters. The third kappa shape index (κ3) is 3.63. The highest BCUT2D eigenvalue weighted by molar-refractivity contribution is 8.01. The fraction of sp³-hybridized carbons (Fsp3) is 0.130. The monoisotopic (exact) mass is 362 g/mol. The van der Waals surface area contributed by atoms with Crippen molar-refractivity contribution in [1.29, 1.82) is 0 Å². The first-order valence-corrected chi connectivity index (χ1v) is 10.0. The Hall–Kier alpha value is -2.65. The van der Waals surface area contributed by atoms with Crippen molar-refractivity contribution in [3.8, 4) is 0 Å². The maximum absolute atomic E-state index is 13.6. The number of sulfone groups is 1. The van der Waals surface area contributed by atoms with E-state index in [0.29, 0.717) is 15.4 Å². The summed E-state index contributed by atoms with van der Waals surface area (Å²) in [4.78, 5) is 0.716. The van der Waals surface area contributed by atoms with Gasteiger partial charge in [0.05, 0.1) is 9.80 Å². The number of hydrogen-bond acceptors (Lipinski definition) is 2. The standard InChI is InChI=1S/C23H22O2S/c1-17-14-18(2)23(19(3)15-17)26(24,25)22(21-12-8-5-9-13-21)16-20-10-6-4-7-11-20/h4-16H,1-3H3/b22-16+. The predicted molar refractivity (Wildman–Crippen MR) is 109 cm³/mol. The van der Waals surface area contributed by atoms with Crippen LogP contribution in [-0.2, 0) is 9.84 Å². The van der Waals surface area contributed by atoms with Gasteiger partial charge < -0.3 is 0 Å². The normalized spacial score (nSPS) is 12.2. The predicted octanol–water partition coefficient (Wildman–Crippen LogP) is 5.58. The van der Waals surface area contributed by atoms with Crippen molar-refractivity contribution in [3.05, 3.63) is 101 Å². The average Bonchev–Trinajstić information content (AvgIpc) is 2.60. The third-order valence-electron chi connectivity index (χ3n) is 4.32. The molecule has 26 heavy (non-hydrogen) atoms. The summed E-state index contributed by atoms with van der Waals surface area (Å²) in [7, 11) is -3.67. The molecule has 132 valence electrons. The fourth-order valence-corrected chi connectivity index (χ4v) is 5.24. The maximum Gasteiger partial charge on any atom is 0.207 e. The van der Waals surface area contributed by atoms with Gasteiger partial charge >= 0.3 is 0 Å². The summed E-state index contributed by atoms with van der Waals surface area (Å²) in [5.41, 5.74) is 4.16. The summed E-state index contributed by atoms with van der Waals surface area (Å²) in [5.74, 6) is 0. The summed E-state index contributed by atoms with van der Waals surface area (Å²) < 4.78 is 27.2. The van der Waals surface area contributed by atoms with Crippen LogP contribution < -0.4 is 0 Å². The zero-order valence-corrected chi connectivity index (χ0v) is 16.0. The first kappa shape index (κ1) is 18.2. The molecule has 0 saturated carbocycles. The van der Waals surface area contributed by atoms with Crippen molar-refractivity contribution >= 4 is 20.8 Å². The Morgan fingerprint density at radius 1 is 0.769 bits per heavy atom. The number of rotatable bonds is 4. The molecule has 3 aromatic rings. The topological polar surface area (TPSA) is 34.1 Å².